The maximum absolute atomic E-state index is 12.2. The summed E-state index contributed by atoms with van der Waals surface area (Å²) < 4.78 is 25.7. The van der Waals surface area contributed by atoms with Gasteiger partial charge in [0.15, 0.2) is 0 Å². The van der Waals surface area contributed by atoms with Crippen molar-refractivity contribution in [3.8, 4) is 0 Å². The molecule has 0 aliphatic carbocycles. The summed E-state index contributed by atoms with van der Waals surface area (Å²) in [6.07, 6.45) is -1.21. The molecule has 0 saturated heterocycles. The number of alkyl halides is 2. The molecule has 0 aliphatic rings. The smallest absolute Gasteiger partial charge is 0.260 e. The molecule has 68 valence electrons. The van der Waals surface area contributed by atoms with Crippen molar-refractivity contribution in [1.82, 2.24) is 20.4 Å². The van der Waals surface area contributed by atoms with Crippen LogP contribution < -0.4 is 11.3 Å². The van der Waals surface area contributed by atoms with E-state index in [0.29, 0.717) is 0 Å². The number of hydrogen-bond acceptors (Lipinski definition) is 4. The molecule has 12 heavy (non-hydrogen) atoms. The number of hydrazine groups is 1. The van der Waals surface area contributed by atoms with E-state index in [1.807, 2.05) is 5.43 Å². The van der Waals surface area contributed by atoms with Crippen LogP contribution in [0.1, 0.15) is 11.7 Å². The van der Waals surface area contributed by atoms with E-state index in [1.165, 1.54) is 10.9 Å². The van der Waals surface area contributed by atoms with E-state index in [4.69, 9.17) is 5.84 Å². The molecule has 1 unspecified atom stereocenters. The molecular weight excluding hydrogens is 168 g/mol. The SMILES string of the molecule is Cn1cc(C(NN)C(F)F)nn1. The second kappa shape index (κ2) is 3.55. The van der Waals surface area contributed by atoms with Gasteiger partial charge in [0.1, 0.15) is 11.7 Å². The topological polar surface area (TPSA) is 68.8 Å². The second-order valence-electron chi connectivity index (χ2n) is 2.30. The van der Waals surface area contributed by atoms with E-state index in [1.54, 1.807) is 7.05 Å². The zero-order chi connectivity index (χ0) is 9.14. The lowest BCUT2D eigenvalue weighted by atomic mass is 10.2. The van der Waals surface area contributed by atoms with E-state index in [-0.39, 0.29) is 5.69 Å². The molecule has 1 aromatic heterocycles. The maximum atomic E-state index is 12.2. The molecular formula is C5H9F2N5. The number of hydrogen-bond donors (Lipinski definition) is 2. The van der Waals surface area contributed by atoms with E-state index >= 15 is 0 Å². The number of aryl methyl sites for hydroxylation is 1. The molecule has 1 aromatic rings. The highest BCUT2D eigenvalue weighted by molar-refractivity contribution is 5.00. The summed E-state index contributed by atoms with van der Waals surface area (Å²) in [5.74, 6) is 4.91. The van der Waals surface area contributed by atoms with Gasteiger partial charge in [-0.3, -0.25) is 10.5 Å². The minimum Gasteiger partial charge on any atom is -0.271 e. The third-order valence-corrected chi connectivity index (χ3v) is 1.37. The summed E-state index contributed by atoms with van der Waals surface area (Å²) in [6, 6.07) is -1.25. The Balaban J connectivity index is 2.80. The summed E-state index contributed by atoms with van der Waals surface area (Å²) in [7, 11) is 1.59. The summed E-state index contributed by atoms with van der Waals surface area (Å²) in [6.45, 7) is 0. The van der Waals surface area contributed by atoms with Crippen molar-refractivity contribution in [1.29, 1.82) is 0 Å². The predicted octanol–water partition coefficient (Wildman–Crippen LogP) is -0.415. The number of halogens is 2. The molecule has 0 spiro atoms. The van der Waals surface area contributed by atoms with E-state index in [2.05, 4.69) is 10.3 Å². The van der Waals surface area contributed by atoms with Crippen LogP contribution in [0.3, 0.4) is 0 Å². The normalized spacial score (nSPS) is 13.8. The zero-order valence-electron chi connectivity index (χ0n) is 6.41. The van der Waals surface area contributed by atoms with Crippen molar-refractivity contribution in [2.45, 2.75) is 12.5 Å². The van der Waals surface area contributed by atoms with Gasteiger partial charge < -0.3 is 0 Å². The van der Waals surface area contributed by atoms with Gasteiger partial charge in [-0.2, -0.15) is 0 Å². The van der Waals surface area contributed by atoms with Crippen molar-refractivity contribution in [2.24, 2.45) is 12.9 Å². The lowest BCUT2D eigenvalue weighted by Gasteiger charge is -2.10. The highest BCUT2D eigenvalue weighted by Gasteiger charge is 2.23. The van der Waals surface area contributed by atoms with Gasteiger partial charge in [-0.05, 0) is 0 Å². The first-order valence-electron chi connectivity index (χ1n) is 3.25. The molecule has 0 radical (unpaired) electrons. The molecule has 0 amide bonds. The molecule has 5 nitrogen and oxygen atoms in total. The standard InChI is InChI=1S/C5H9F2N5/c1-12-2-3(10-11-12)4(9-8)5(6)7/h2,4-5,9H,8H2,1H3. The number of rotatable bonds is 3. The van der Waals surface area contributed by atoms with Gasteiger partial charge in [-0.15, -0.1) is 5.10 Å². The highest BCUT2D eigenvalue weighted by Crippen LogP contribution is 2.16. The summed E-state index contributed by atoms with van der Waals surface area (Å²) in [5, 5.41) is 7.00. The molecule has 7 heteroatoms. The number of nitrogens with two attached hydrogens (primary N) is 1. The average molecular weight is 177 g/mol. The third kappa shape index (κ3) is 1.74. The number of aromatic nitrogens is 3. The van der Waals surface area contributed by atoms with E-state index < -0.39 is 12.5 Å². The fraction of sp³-hybridized carbons (Fsp3) is 0.600. The first-order valence-corrected chi connectivity index (χ1v) is 3.25. The van der Waals surface area contributed by atoms with Crippen molar-refractivity contribution in [2.75, 3.05) is 0 Å². The van der Waals surface area contributed by atoms with E-state index in [0.717, 1.165) is 0 Å². The Morgan fingerprint density at radius 3 is 2.67 bits per heavy atom. The first kappa shape index (κ1) is 9.01. The molecule has 0 fully saturated rings. The second-order valence-corrected chi connectivity index (χ2v) is 2.30. The largest absolute Gasteiger partial charge is 0.271 e. The predicted molar refractivity (Wildman–Crippen MR) is 37.1 cm³/mol. The highest BCUT2D eigenvalue weighted by atomic mass is 19.3. The fourth-order valence-corrected chi connectivity index (χ4v) is 0.795. The number of nitrogens with zero attached hydrogens (tertiary/aromatic N) is 3. The molecule has 1 rings (SSSR count). The van der Waals surface area contributed by atoms with Crippen LogP contribution in [0, 0.1) is 0 Å². The van der Waals surface area contributed by atoms with Crippen LogP contribution in [0.15, 0.2) is 6.20 Å². The van der Waals surface area contributed by atoms with Gasteiger partial charge in [-0.25, -0.2) is 14.2 Å². The fourth-order valence-electron chi connectivity index (χ4n) is 0.795. The van der Waals surface area contributed by atoms with Crippen LogP contribution in [-0.2, 0) is 7.05 Å². The Hall–Kier alpha value is -1.08. The van der Waals surface area contributed by atoms with Crippen LogP contribution in [-0.4, -0.2) is 21.4 Å². The minimum atomic E-state index is -2.59. The summed E-state index contributed by atoms with van der Waals surface area (Å²) >= 11 is 0. The van der Waals surface area contributed by atoms with Crippen LogP contribution in [0.25, 0.3) is 0 Å². The average Bonchev–Trinajstić information content (AvgIpc) is 2.37. The molecule has 0 aliphatic heterocycles. The van der Waals surface area contributed by atoms with Gasteiger partial charge >= 0.3 is 0 Å². The van der Waals surface area contributed by atoms with Crippen LogP contribution in [0.4, 0.5) is 8.78 Å². The monoisotopic (exact) mass is 177 g/mol. The van der Waals surface area contributed by atoms with Crippen molar-refractivity contribution < 1.29 is 8.78 Å². The van der Waals surface area contributed by atoms with Gasteiger partial charge in [0.2, 0.25) is 0 Å². The Morgan fingerprint density at radius 1 is 1.67 bits per heavy atom. The van der Waals surface area contributed by atoms with Crippen molar-refractivity contribution >= 4 is 0 Å². The molecule has 0 saturated carbocycles. The molecule has 0 aromatic carbocycles. The lowest BCUT2D eigenvalue weighted by Crippen LogP contribution is -2.33. The molecule has 1 atom stereocenters. The molecule has 0 bridgehead atoms. The Bertz CT molecular complexity index is 248. The third-order valence-electron chi connectivity index (χ3n) is 1.37. The Morgan fingerprint density at radius 2 is 2.33 bits per heavy atom. The van der Waals surface area contributed by atoms with Gasteiger partial charge in [0.05, 0.1) is 0 Å². The van der Waals surface area contributed by atoms with E-state index in [9.17, 15) is 8.78 Å². The molecule has 1 heterocycles. The Labute approximate surface area is 67.5 Å². The van der Waals surface area contributed by atoms with Crippen molar-refractivity contribution in [3.63, 3.8) is 0 Å². The van der Waals surface area contributed by atoms with Crippen LogP contribution in [0.2, 0.25) is 0 Å². The van der Waals surface area contributed by atoms with Gasteiger partial charge in [0, 0.05) is 13.2 Å². The van der Waals surface area contributed by atoms with Gasteiger partial charge in [0.25, 0.3) is 6.43 Å². The number of nitrogens with one attached hydrogen (secondary N) is 1. The summed E-state index contributed by atoms with van der Waals surface area (Å²) in [4.78, 5) is 0. The van der Waals surface area contributed by atoms with Crippen molar-refractivity contribution in [3.05, 3.63) is 11.9 Å². The maximum Gasteiger partial charge on any atom is 0.260 e. The quantitative estimate of drug-likeness (QED) is 0.486. The summed E-state index contributed by atoms with van der Waals surface area (Å²) in [5.41, 5.74) is 2.10. The first-order chi connectivity index (χ1) is 5.65. The van der Waals surface area contributed by atoms with Crippen LogP contribution >= 0.6 is 0 Å². The zero-order valence-corrected chi connectivity index (χ0v) is 6.41. The van der Waals surface area contributed by atoms with Gasteiger partial charge in [-0.1, -0.05) is 5.21 Å². The minimum absolute atomic E-state index is 0.134. The Kier molecular flexibility index (Phi) is 2.66. The molecule has 3 N–H and O–H groups in total. The lowest BCUT2D eigenvalue weighted by molar-refractivity contribution is 0.0967. The van der Waals surface area contributed by atoms with Crippen LogP contribution in [0.5, 0.6) is 0 Å².